The Morgan fingerprint density at radius 3 is 2.67 bits per heavy atom. The van der Waals surface area contributed by atoms with Crippen molar-refractivity contribution in [3.05, 3.63) is 51.7 Å². The molecule has 0 fully saturated rings. The molecule has 1 atom stereocenters. The van der Waals surface area contributed by atoms with Gasteiger partial charge in [-0.3, -0.25) is 9.59 Å². The van der Waals surface area contributed by atoms with Gasteiger partial charge in [0.05, 0.1) is 17.8 Å². The summed E-state index contributed by atoms with van der Waals surface area (Å²) in [4.78, 5) is 26.8. The summed E-state index contributed by atoms with van der Waals surface area (Å²) in [5, 5.41) is 7.28. The van der Waals surface area contributed by atoms with E-state index in [1.165, 1.54) is 0 Å². The smallest absolute Gasteiger partial charge is 0.279 e. The van der Waals surface area contributed by atoms with Crippen LogP contribution in [0.4, 0.5) is 5.69 Å². The molecule has 7 heteroatoms. The van der Waals surface area contributed by atoms with E-state index in [1.807, 2.05) is 23.9 Å². The lowest BCUT2D eigenvalue weighted by atomic mass is 10.3. The molecule has 1 aromatic carbocycles. The van der Waals surface area contributed by atoms with E-state index < -0.39 is 0 Å². The number of hydrogen-bond donors (Lipinski definition) is 2. The first-order chi connectivity index (χ1) is 11.5. The third-order valence-electron chi connectivity index (χ3n) is 3.49. The predicted molar refractivity (Wildman–Crippen MR) is 97.5 cm³/mol. The van der Waals surface area contributed by atoms with E-state index in [4.69, 9.17) is 11.6 Å². The lowest BCUT2D eigenvalue weighted by Crippen LogP contribution is -3.11. The number of amides is 2. The Morgan fingerprint density at radius 2 is 2.00 bits per heavy atom. The molecule has 2 N–H and O–H groups in total. The van der Waals surface area contributed by atoms with Crippen LogP contribution in [0, 0.1) is 0 Å². The molecule has 0 spiro atoms. The van der Waals surface area contributed by atoms with Gasteiger partial charge in [-0.15, -0.1) is 0 Å². The highest BCUT2D eigenvalue weighted by Gasteiger charge is 2.18. The van der Waals surface area contributed by atoms with Crippen LogP contribution in [-0.4, -0.2) is 43.9 Å². The largest absolute Gasteiger partial charge is 0.337 e. The number of quaternary nitrogens is 1. The zero-order chi connectivity index (χ0) is 17.5. The number of nitrogens with zero attached hydrogens (tertiary/aromatic N) is 1. The number of rotatable bonds is 7. The number of hydrogen-bond acceptors (Lipinski definition) is 3. The molecule has 1 aromatic heterocycles. The monoisotopic (exact) mass is 366 g/mol. The van der Waals surface area contributed by atoms with E-state index in [1.54, 1.807) is 47.5 Å². The standard InChI is InChI=1S/C17H20ClN3O2S/c1-20(10-16(22)19-15-6-4-3-5-14(15)18)11-17(23)21(2)9-13-7-8-24-12-13/h3-8,12H,9-11H2,1-2H3,(H,19,22)/p+1. The molecule has 0 radical (unpaired) electrons. The summed E-state index contributed by atoms with van der Waals surface area (Å²) >= 11 is 7.63. The van der Waals surface area contributed by atoms with Crippen molar-refractivity contribution in [3.63, 3.8) is 0 Å². The van der Waals surface area contributed by atoms with Gasteiger partial charge in [0.1, 0.15) is 0 Å². The summed E-state index contributed by atoms with van der Waals surface area (Å²) in [5.41, 5.74) is 1.70. The van der Waals surface area contributed by atoms with Crippen LogP contribution in [0.15, 0.2) is 41.1 Å². The van der Waals surface area contributed by atoms with Crippen LogP contribution < -0.4 is 10.2 Å². The molecular formula is C17H21ClN3O2S+. The van der Waals surface area contributed by atoms with E-state index in [2.05, 4.69) is 5.32 Å². The fourth-order valence-corrected chi connectivity index (χ4v) is 3.07. The Bertz CT molecular complexity index is 691. The number of benzene rings is 1. The fraction of sp³-hybridized carbons (Fsp3) is 0.294. The Balaban J connectivity index is 1.79. The highest BCUT2D eigenvalue weighted by molar-refractivity contribution is 7.07. The van der Waals surface area contributed by atoms with Crippen LogP contribution in [0.1, 0.15) is 5.56 Å². The summed E-state index contributed by atoms with van der Waals surface area (Å²) in [6, 6.07) is 9.08. The van der Waals surface area contributed by atoms with Crippen molar-refractivity contribution in [2.45, 2.75) is 6.54 Å². The predicted octanol–water partition coefficient (Wildman–Crippen LogP) is 1.51. The normalized spacial score (nSPS) is 11.8. The maximum Gasteiger partial charge on any atom is 0.279 e. The van der Waals surface area contributed by atoms with Gasteiger partial charge in [0.25, 0.3) is 11.8 Å². The number of thiophene rings is 1. The van der Waals surface area contributed by atoms with Gasteiger partial charge in [0.15, 0.2) is 13.1 Å². The lowest BCUT2D eigenvalue weighted by molar-refractivity contribution is -0.862. The number of anilines is 1. The van der Waals surface area contributed by atoms with Crippen LogP contribution in [-0.2, 0) is 16.1 Å². The Morgan fingerprint density at radius 1 is 1.25 bits per heavy atom. The van der Waals surface area contributed by atoms with Gasteiger partial charge in [0.2, 0.25) is 0 Å². The minimum atomic E-state index is -0.172. The van der Waals surface area contributed by atoms with Crippen LogP contribution >= 0.6 is 22.9 Å². The van der Waals surface area contributed by atoms with Gasteiger partial charge in [-0.1, -0.05) is 23.7 Å². The highest BCUT2D eigenvalue weighted by atomic mass is 35.5. The van der Waals surface area contributed by atoms with E-state index >= 15 is 0 Å². The van der Waals surface area contributed by atoms with Gasteiger partial charge in [-0.2, -0.15) is 11.3 Å². The van der Waals surface area contributed by atoms with E-state index in [0.29, 0.717) is 17.3 Å². The molecular weight excluding hydrogens is 346 g/mol. The Kier molecular flexibility index (Phi) is 6.78. The molecule has 0 bridgehead atoms. The van der Waals surface area contributed by atoms with Crippen molar-refractivity contribution in [1.82, 2.24) is 4.90 Å². The summed E-state index contributed by atoms with van der Waals surface area (Å²) in [7, 11) is 3.60. The minimum Gasteiger partial charge on any atom is -0.337 e. The van der Waals surface area contributed by atoms with Gasteiger partial charge in [-0.25, -0.2) is 0 Å². The lowest BCUT2D eigenvalue weighted by Gasteiger charge is -2.19. The Hall–Kier alpha value is -1.89. The van der Waals surface area contributed by atoms with Crippen molar-refractivity contribution >= 4 is 40.4 Å². The first-order valence-corrected chi connectivity index (χ1v) is 8.88. The van der Waals surface area contributed by atoms with Crippen LogP contribution in [0.25, 0.3) is 0 Å². The molecule has 0 aliphatic carbocycles. The third-order valence-corrected chi connectivity index (χ3v) is 4.55. The number of likely N-dealkylation sites (N-methyl/N-ethyl adjacent to an activating group) is 2. The van der Waals surface area contributed by atoms with Crippen LogP contribution in [0.5, 0.6) is 0 Å². The number of carbonyl (C=O) groups is 2. The topological polar surface area (TPSA) is 53.9 Å². The fourth-order valence-electron chi connectivity index (χ4n) is 2.23. The molecule has 0 saturated carbocycles. The second kappa shape index (κ2) is 8.82. The first-order valence-electron chi connectivity index (χ1n) is 7.56. The van der Waals surface area contributed by atoms with E-state index in [9.17, 15) is 9.59 Å². The van der Waals surface area contributed by atoms with Crippen molar-refractivity contribution < 1.29 is 14.5 Å². The van der Waals surface area contributed by atoms with Crippen molar-refractivity contribution in [2.75, 3.05) is 32.5 Å². The summed E-state index contributed by atoms with van der Waals surface area (Å²) in [6.07, 6.45) is 0. The number of para-hydroxylation sites is 1. The van der Waals surface area contributed by atoms with Crippen LogP contribution in [0.2, 0.25) is 5.02 Å². The SMILES string of the molecule is CN(Cc1ccsc1)C(=O)C[NH+](C)CC(=O)Nc1ccccc1Cl. The molecule has 0 saturated heterocycles. The second-order valence-corrected chi connectivity index (χ2v) is 6.91. The maximum atomic E-state index is 12.2. The number of carbonyl (C=O) groups excluding carboxylic acids is 2. The quantitative estimate of drug-likeness (QED) is 0.780. The molecule has 2 aromatic rings. The average molecular weight is 367 g/mol. The summed E-state index contributed by atoms with van der Waals surface area (Å²) < 4.78 is 0. The van der Waals surface area contributed by atoms with E-state index in [0.717, 1.165) is 10.5 Å². The van der Waals surface area contributed by atoms with E-state index in [-0.39, 0.29) is 24.9 Å². The number of halogens is 1. The minimum absolute atomic E-state index is 0.00393. The van der Waals surface area contributed by atoms with Crippen molar-refractivity contribution in [1.29, 1.82) is 0 Å². The highest BCUT2D eigenvalue weighted by Crippen LogP contribution is 2.19. The number of nitrogens with one attached hydrogen (secondary N) is 2. The van der Waals surface area contributed by atoms with Crippen molar-refractivity contribution in [2.24, 2.45) is 0 Å². The van der Waals surface area contributed by atoms with Gasteiger partial charge in [-0.05, 0) is 34.5 Å². The van der Waals surface area contributed by atoms with Crippen LogP contribution in [0.3, 0.4) is 0 Å². The Labute approximate surface area is 150 Å². The molecule has 2 rings (SSSR count). The van der Waals surface area contributed by atoms with Crippen molar-refractivity contribution in [3.8, 4) is 0 Å². The molecule has 24 heavy (non-hydrogen) atoms. The van der Waals surface area contributed by atoms with Gasteiger partial charge >= 0.3 is 0 Å². The second-order valence-electron chi connectivity index (χ2n) is 5.72. The molecule has 5 nitrogen and oxygen atoms in total. The van der Waals surface area contributed by atoms with Gasteiger partial charge in [0, 0.05) is 13.6 Å². The molecule has 1 unspecified atom stereocenters. The average Bonchev–Trinajstić information content (AvgIpc) is 3.02. The summed E-state index contributed by atoms with van der Waals surface area (Å²) in [6.45, 7) is 1.04. The van der Waals surface area contributed by atoms with Gasteiger partial charge < -0.3 is 15.1 Å². The molecule has 2 amide bonds. The zero-order valence-electron chi connectivity index (χ0n) is 13.7. The summed E-state index contributed by atoms with van der Waals surface area (Å²) in [5.74, 6) is -0.168. The zero-order valence-corrected chi connectivity index (χ0v) is 15.3. The molecule has 0 aliphatic rings. The maximum absolute atomic E-state index is 12.2. The molecule has 1 heterocycles. The molecule has 128 valence electrons. The third kappa shape index (κ3) is 5.63. The first kappa shape index (κ1) is 18.4. The molecule has 0 aliphatic heterocycles.